The molecule has 0 bridgehead atoms. The van der Waals surface area contributed by atoms with Crippen molar-refractivity contribution in [3.05, 3.63) is 64.5 Å². The van der Waals surface area contributed by atoms with Crippen molar-refractivity contribution in [2.45, 2.75) is 12.8 Å². The van der Waals surface area contributed by atoms with Crippen LogP contribution in [0.3, 0.4) is 0 Å². The normalized spacial score (nSPS) is 13.8. The molecule has 0 spiro atoms. The molecule has 1 aromatic heterocycles. The molecule has 7 nitrogen and oxygen atoms in total. The lowest BCUT2D eigenvalue weighted by atomic mass is 10.1. The van der Waals surface area contributed by atoms with Crippen LogP contribution in [0.4, 0.5) is 11.4 Å². The molecule has 3 aromatic rings. The Morgan fingerprint density at radius 2 is 1.96 bits per heavy atom. The van der Waals surface area contributed by atoms with E-state index in [0.29, 0.717) is 35.4 Å². The largest absolute Gasteiger partial charge is 0.493 e. The number of para-hydroxylation sites is 1. The van der Waals surface area contributed by atoms with Crippen molar-refractivity contribution in [3.63, 3.8) is 0 Å². The van der Waals surface area contributed by atoms with E-state index in [9.17, 15) is 14.4 Å². The standard InChI is InChI=1S/C21H18N2O5/c1-27-17-8-2-5-13-11-16(21(26)28-19(13)17)20(25)22-14-6-3-7-15(12-14)23-10-4-9-18(23)24/h2-3,5-8,11-12H,4,9-10H2,1H3,(H,22,25). The van der Waals surface area contributed by atoms with Gasteiger partial charge in [-0.05, 0) is 36.8 Å². The molecule has 1 saturated heterocycles. The van der Waals surface area contributed by atoms with Crippen LogP contribution in [-0.4, -0.2) is 25.5 Å². The van der Waals surface area contributed by atoms with Crippen molar-refractivity contribution in [3.8, 4) is 5.75 Å². The summed E-state index contributed by atoms with van der Waals surface area (Å²) in [6, 6.07) is 13.6. The molecule has 1 N–H and O–H groups in total. The maximum absolute atomic E-state index is 12.6. The molecule has 1 fully saturated rings. The molecule has 28 heavy (non-hydrogen) atoms. The highest BCUT2D eigenvalue weighted by Gasteiger charge is 2.22. The van der Waals surface area contributed by atoms with E-state index < -0.39 is 11.5 Å². The van der Waals surface area contributed by atoms with Gasteiger partial charge in [0.2, 0.25) is 5.91 Å². The van der Waals surface area contributed by atoms with E-state index in [2.05, 4.69) is 5.32 Å². The average molecular weight is 378 g/mol. The van der Waals surface area contributed by atoms with Gasteiger partial charge >= 0.3 is 5.63 Å². The Labute approximate surface area is 160 Å². The third-order valence-corrected chi connectivity index (χ3v) is 4.68. The Kier molecular flexibility index (Phi) is 4.57. The van der Waals surface area contributed by atoms with Crippen LogP contribution in [0.15, 0.2) is 57.7 Å². The van der Waals surface area contributed by atoms with Gasteiger partial charge in [0.1, 0.15) is 5.56 Å². The summed E-state index contributed by atoms with van der Waals surface area (Å²) in [4.78, 5) is 38.6. The molecule has 0 radical (unpaired) electrons. The number of nitrogens with zero attached hydrogens (tertiary/aromatic N) is 1. The zero-order chi connectivity index (χ0) is 19.7. The number of carbonyl (C=O) groups is 2. The highest BCUT2D eigenvalue weighted by atomic mass is 16.5. The number of rotatable bonds is 4. The van der Waals surface area contributed by atoms with E-state index in [1.165, 1.54) is 13.2 Å². The van der Waals surface area contributed by atoms with Crippen molar-refractivity contribution in [2.24, 2.45) is 0 Å². The third kappa shape index (κ3) is 3.22. The predicted molar refractivity (Wildman–Crippen MR) is 105 cm³/mol. The minimum absolute atomic E-state index is 0.0626. The van der Waals surface area contributed by atoms with E-state index in [4.69, 9.17) is 9.15 Å². The van der Waals surface area contributed by atoms with Gasteiger partial charge in [-0.25, -0.2) is 4.79 Å². The summed E-state index contributed by atoms with van der Waals surface area (Å²) >= 11 is 0. The summed E-state index contributed by atoms with van der Waals surface area (Å²) in [6.07, 6.45) is 1.34. The van der Waals surface area contributed by atoms with E-state index in [1.807, 2.05) is 6.07 Å². The van der Waals surface area contributed by atoms with Gasteiger partial charge in [0.15, 0.2) is 11.3 Å². The number of ether oxygens (including phenoxy) is 1. The fraction of sp³-hybridized carbons (Fsp3) is 0.190. The second-order valence-corrected chi connectivity index (χ2v) is 6.48. The summed E-state index contributed by atoms with van der Waals surface area (Å²) in [5, 5.41) is 3.29. The fourth-order valence-corrected chi connectivity index (χ4v) is 3.31. The maximum atomic E-state index is 12.6. The van der Waals surface area contributed by atoms with Crippen LogP contribution in [0.1, 0.15) is 23.2 Å². The number of hydrogen-bond acceptors (Lipinski definition) is 5. The lowest BCUT2D eigenvalue weighted by Gasteiger charge is -2.16. The zero-order valence-corrected chi connectivity index (χ0v) is 15.2. The molecule has 0 atom stereocenters. The smallest absolute Gasteiger partial charge is 0.349 e. The Morgan fingerprint density at radius 1 is 1.14 bits per heavy atom. The van der Waals surface area contributed by atoms with Gasteiger partial charge in [-0.15, -0.1) is 0 Å². The summed E-state index contributed by atoms with van der Waals surface area (Å²) in [6.45, 7) is 0.659. The lowest BCUT2D eigenvalue weighted by molar-refractivity contribution is -0.117. The number of anilines is 2. The number of nitrogens with one attached hydrogen (secondary N) is 1. The summed E-state index contributed by atoms with van der Waals surface area (Å²) in [7, 11) is 1.48. The summed E-state index contributed by atoms with van der Waals surface area (Å²) in [5.41, 5.74) is 0.646. The summed E-state index contributed by atoms with van der Waals surface area (Å²) in [5.74, 6) is -0.0968. The van der Waals surface area contributed by atoms with Crippen LogP contribution in [0.5, 0.6) is 5.75 Å². The van der Waals surface area contributed by atoms with Crippen LogP contribution < -0.4 is 20.6 Å². The van der Waals surface area contributed by atoms with Gasteiger partial charge in [0.25, 0.3) is 5.91 Å². The van der Waals surface area contributed by atoms with Crippen LogP contribution >= 0.6 is 0 Å². The summed E-state index contributed by atoms with van der Waals surface area (Å²) < 4.78 is 10.5. The van der Waals surface area contributed by atoms with Crippen molar-refractivity contribution >= 4 is 34.2 Å². The van der Waals surface area contributed by atoms with Crippen molar-refractivity contribution < 1.29 is 18.7 Å². The second-order valence-electron chi connectivity index (χ2n) is 6.48. The average Bonchev–Trinajstić information content (AvgIpc) is 3.13. The van der Waals surface area contributed by atoms with Crippen LogP contribution in [0.25, 0.3) is 11.0 Å². The minimum Gasteiger partial charge on any atom is -0.493 e. The Bertz CT molecular complexity index is 1140. The molecule has 142 valence electrons. The molecule has 2 heterocycles. The van der Waals surface area contributed by atoms with Crippen LogP contribution in [0.2, 0.25) is 0 Å². The Hall–Kier alpha value is -3.61. The zero-order valence-electron chi connectivity index (χ0n) is 15.2. The van der Waals surface area contributed by atoms with Crippen LogP contribution in [-0.2, 0) is 4.79 Å². The second kappa shape index (κ2) is 7.19. The molecular formula is C21H18N2O5. The SMILES string of the molecule is COc1cccc2cc(C(=O)Nc3cccc(N4CCCC4=O)c3)c(=O)oc12. The van der Waals surface area contributed by atoms with Gasteiger partial charge in [-0.3, -0.25) is 9.59 Å². The highest BCUT2D eigenvalue weighted by Crippen LogP contribution is 2.26. The number of amides is 2. The van der Waals surface area contributed by atoms with E-state index >= 15 is 0 Å². The topological polar surface area (TPSA) is 88.9 Å². The molecule has 7 heteroatoms. The number of benzene rings is 2. The Morgan fingerprint density at radius 3 is 2.71 bits per heavy atom. The van der Waals surface area contributed by atoms with E-state index in [-0.39, 0.29) is 11.5 Å². The van der Waals surface area contributed by atoms with Crippen LogP contribution in [0, 0.1) is 0 Å². The predicted octanol–water partition coefficient (Wildman–Crippen LogP) is 3.18. The molecule has 0 aliphatic carbocycles. The first-order chi connectivity index (χ1) is 13.6. The molecule has 1 aliphatic rings. The number of hydrogen-bond donors (Lipinski definition) is 1. The van der Waals surface area contributed by atoms with E-state index in [1.54, 1.807) is 41.3 Å². The molecule has 2 aromatic carbocycles. The number of fused-ring (bicyclic) bond motifs is 1. The van der Waals surface area contributed by atoms with Gasteiger partial charge in [0, 0.05) is 29.7 Å². The lowest BCUT2D eigenvalue weighted by Crippen LogP contribution is -2.24. The molecular weight excluding hydrogens is 360 g/mol. The quantitative estimate of drug-likeness (QED) is 0.705. The first-order valence-corrected chi connectivity index (χ1v) is 8.89. The Balaban J connectivity index is 1.63. The molecule has 0 saturated carbocycles. The van der Waals surface area contributed by atoms with Gasteiger partial charge in [-0.1, -0.05) is 18.2 Å². The van der Waals surface area contributed by atoms with E-state index in [0.717, 1.165) is 12.1 Å². The van der Waals surface area contributed by atoms with Crippen molar-refractivity contribution in [1.29, 1.82) is 0 Å². The van der Waals surface area contributed by atoms with Gasteiger partial charge < -0.3 is 19.4 Å². The molecule has 0 unspecified atom stereocenters. The number of methoxy groups -OCH3 is 1. The first kappa shape index (κ1) is 17.8. The monoisotopic (exact) mass is 378 g/mol. The fourth-order valence-electron chi connectivity index (χ4n) is 3.31. The first-order valence-electron chi connectivity index (χ1n) is 8.89. The highest BCUT2D eigenvalue weighted by molar-refractivity contribution is 6.06. The maximum Gasteiger partial charge on any atom is 0.349 e. The minimum atomic E-state index is -0.750. The van der Waals surface area contributed by atoms with Crippen molar-refractivity contribution in [1.82, 2.24) is 0 Å². The molecule has 2 amide bonds. The number of carbonyl (C=O) groups excluding carboxylic acids is 2. The van der Waals surface area contributed by atoms with Gasteiger partial charge in [0.05, 0.1) is 7.11 Å². The molecule has 1 aliphatic heterocycles. The van der Waals surface area contributed by atoms with Gasteiger partial charge in [-0.2, -0.15) is 0 Å². The third-order valence-electron chi connectivity index (χ3n) is 4.68. The molecule has 4 rings (SSSR count). The van der Waals surface area contributed by atoms with Crippen molar-refractivity contribution in [2.75, 3.05) is 23.9 Å².